The lowest BCUT2D eigenvalue weighted by atomic mass is 9.92. The van der Waals surface area contributed by atoms with Gasteiger partial charge in [0.25, 0.3) is 5.91 Å². The van der Waals surface area contributed by atoms with Crippen LogP contribution in [0.25, 0.3) is 5.83 Å². The van der Waals surface area contributed by atoms with Gasteiger partial charge in [0.1, 0.15) is 24.2 Å². The Bertz CT molecular complexity index is 1200. The molecule has 2 aromatic rings. The number of alkyl halides is 3. The molecule has 0 aromatic heterocycles. The van der Waals surface area contributed by atoms with Crippen molar-refractivity contribution in [1.29, 1.82) is 0 Å². The van der Waals surface area contributed by atoms with E-state index in [1.165, 1.54) is 30.3 Å². The minimum atomic E-state index is -4.80. The molecule has 178 valence electrons. The molecule has 4 amide bonds. The quantitative estimate of drug-likeness (QED) is 0.523. The van der Waals surface area contributed by atoms with Gasteiger partial charge < -0.3 is 10.2 Å². The average molecular weight is 479 g/mol. The minimum Gasteiger partial charge on any atom is -0.325 e. The highest BCUT2D eigenvalue weighted by Crippen LogP contribution is 2.43. The Labute approximate surface area is 190 Å². The van der Waals surface area contributed by atoms with Crippen molar-refractivity contribution in [3.63, 3.8) is 0 Å². The summed E-state index contributed by atoms with van der Waals surface area (Å²) in [5, 5.41) is 2.36. The smallest absolute Gasteiger partial charge is 0.325 e. The molecule has 0 radical (unpaired) electrons. The Morgan fingerprint density at radius 1 is 1.09 bits per heavy atom. The predicted molar refractivity (Wildman–Crippen MR) is 110 cm³/mol. The third kappa shape index (κ3) is 3.91. The first-order valence-corrected chi connectivity index (χ1v) is 10.2. The average Bonchev–Trinajstić information content (AvgIpc) is 3.20. The van der Waals surface area contributed by atoms with Gasteiger partial charge in [-0.15, -0.1) is 0 Å². The summed E-state index contributed by atoms with van der Waals surface area (Å²) >= 11 is 0. The molecular formula is C23H18F5N3O3. The molecule has 1 saturated heterocycles. The topological polar surface area (TPSA) is 69.7 Å². The molecule has 1 aliphatic heterocycles. The van der Waals surface area contributed by atoms with Crippen LogP contribution in [-0.2, 0) is 21.7 Å². The molecule has 1 fully saturated rings. The second kappa shape index (κ2) is 8.23. The second-order valence-electron chi connectivity index (χ2n) is 8.03. The van der Waals surface area contributed by atoms with Crippen LogP contribution in [0.15, 0.2) is 54.6 Å². The summed E-state index contributed by atoms with van der Waals surface area (Å²) in [6, 6.07) is 7.16. The second-order valence-corrected chi connectivity index (χ2v) is 8.03. The largest absolute Gasteiger partial charge is 0.408 e. The van der Waals surface area contributed by atoms with Gasteiger partial charge in [0.2, 0.25) is 5.91 Å². The number of amides is 4. The number of nitrogens with zero attached hydrogens (tertiary/aromatic N) is 2. The minimum absolute atomic E-state index is 0.0907. The summed E-state index contributed by atoms with van der Waals surface area (Å²) in [6.07, 6.45) is -3.89. The number of nitrogens with one attached hydrogen (secondary N) is 1. The maximum absolute atomic E-state index is 14.5. The molecule has 34 heavy (non-hydrogen) atoms. The van der Waals surface area contributed by atoms with Crippen LogP contribution in [0, 0.1) is 5.82 Å². The molecular weight excluding hydrogens is 461 g/mol. The summed E-state index contributed by atoms with van der Waals surface area (Å²) < 4.78 is 68.1. The zero-order chi connectivity index (χ0) is 24.8. The maximum atomic E-state index is 14.5. The third-order valence-corrected chi connectivity index (χ3v) is 5.91. The van der Waals surface area contributed by atoms with Gasteiger partial charge in [0.15, 0.2) is 5.54 Å². The lowest BCUT2D eigenvalue weighted by Gasteiger charge is -2.32. The van der Waals surface area contributed by atoms with Crippen molar-refractivity contribution in [3.8, 4) is 0 Å². The van der Waals surface area contributed by atoms with Crippen molar-refractivity contribution < 1.29 is 36.3 Å². The molecule has 2 aromatic carbocycles. The number of hydrogen-bond acceptors (Lipinski definition) is 3. The molecule has 0 unspecified atom stereocenters. The van der Waals surface area contributed by atoms with Gasteiger partial charge in [0, 0.05) is 17.7 Å². The highest BCUT2D eigenvalue weighted by Gasteiger charge is 2.56. The van der Waals surface area contributed by atoms with E-state index in [2.05, 4.69) is 5.32 Å². The molecule has 1 spiro atoms. The third-order valence-electron chi connectivity index (χ3n) is 5.91. The molecule has 0 bridgehead atoms. The van der Waals surface area contributed by atoms with Gasteiger partial charge in [-0.2, -0.15) is 13.2 Å². The molecule has 0 saturated carbocycles. The Kier molecular flexibility index (Phi) is 5.66. The van der Waals surface area contributed by atoms with E-state index < -0.39 is 60.3 Å². The highest BCUT2D eigenvalue weighted by atomic mass is 19.4. The number of rotatable bonds is 5. The van der Waals surface area contributed by atoms with Crippen LogP contribution in [0.5, 0.6) is 0 Å². The molecule has 11 heteroatoms. The summed E-state index contributed by atoms with van der Waals surface area (Å²) in [5.41, 5.74) is -1.41. The van der Waals surface area contributed by atoms with Crippen molar-refractivity contribution in [3.05, 3.63) is 77.1 Å². The van der Waals surface area contributed by atoms with E-state index in [1.807, 2.05) is 0 Å². The van der Waals surface area contributed by atoms with E-state index in [-0.39, 0.29) is 16.7 Å². The van der Waals surface area contributed by atoms with Gasteiger partial charge in [0.05, 0.1) is 0 Å². The van der Waals surface area contributed by atoms with E-state index in [9.17, 15) is 36.3 Å². The van der Waals surface area contributed by atoms with Gasteiger partial charge in [-0.05, 0) is 30.7 Å². The predicted octanol–water partition coefficient (Wildman–Crippen LogP) is 3.88. The van der Waals surface area contributed by atoms with Gasteiger partial charge >= 0.3 is 12.2 Å². The van der Waals surface area contributed by atoms with Crippen molar-refractivity contribution in [1.82, 2.24) is 15.1 Å². The Balaban J connectivity index is 1.61. The Morgan fingerprint density at radius 2 is 1.74 bits per heavy atom. The van der Waals surface area contributed by atoms with E-state index in [0.29, 0.717) is 9.80 Å². The lowest BCUT2D eigenvalue weighted by Crippen LogP contribution is -2.51. The maximum Gasteiger partial charge on any atom is 0.408 e. The Morgan fingerprint density at radius 3 is 2.38 bits per heavy atom. The monoisotopic (exact) mass is 479 g/mol. The van der Waals surface area contributed by atoms with Crippen LogP contribution in [0.3, 0.4) is 0 Å². The van der Waals surface area contributed by atoms with Crippen LogP contribution in [0.4, 0.5) is 26.7 Å². The van der Waals surface area contributed by atoms with Crippen LogP contribution in [0.2, 0.25) is 0 Å². The fraction of sp³-hybridized carbons (Fsp3) is 0.261. The molecule has 1 heterocycles. The molecule has 2 aliphatic rings. The first-order chi connectivity index (χ1) is 15.9. The van der Waals surface area contributed by atoms with Gasteiger partial charge in [-0.25, -0.2) is 13.6 Å². The Hall–Kier alpha value is -3.76. The van der Waals surface area contributed by atoms with Crippen LogP contribution < -0.4 is 5.32 Å². The highest BCUT2D eigenvalue weighted by molar-refractivity contribution is 6.12. The van der Waals surface area contributed by atoms with Crippen LogP contribution in [0.1, 0.15) is 23.6 Å². The first kappa shape index (κ1) is 23.4. The zero-order valence-corrected chi connectivity index (χ0v) is 17.7. The van der Waals surface area contributed by atoms with E-state index in [4.69, 9.17) is 0 Å². The SMILES string of the molecule is C[C@H](N(Cc1ccc(F)cc1)C(=O)CN1C(=O)N[C@]2(C=C(F)c3ccccc32)C1=O)C(F)(F)F. The van der Waals surface area contributed by atoms with Crippen molar-refractivity contribution >= 4 is 23.7 Å². The van der Waals surface area contributed by atoms with E-state index >= 15 is 0 Å². The standard InChI is InChI=1S/C23H18F5N3O3/c1-13(23(26,27)28)30(11-14-6-8-15(24)9-7-14)19(32)12-31-20(33)22(29-21(31)34)10-18(25)16-4-2-3-5-17(16)22/h2-10,13H,11-12H2,1H3,(H,29,34)/t13-,22-/m0/s1. The van der Waals surface area contributed by atoms with Crippen molar-refractivity contribution in [2.45, 2.75) is 31.2 Å². The summed E-state index contributed by atoms with van der Waals surface area (Å²) in [5.74, 6) is -3.49. The zero-order valence-electron chi connectivity index (χ0n) is 17.7. The van der Waals surface area contributed by atoms with Gasteiger partial charge in [-0.1, -0.05) is 36.4 Å². The normalized spacial score (nSPS) is 20.3. The number of imide groups is 1. The van der Waals surface area contributed by atoms with Crippen LogP contribution >= 0.6 is 0 Å². The number of hydrogen-bond donors (Lipinski definition) is 1. The summed E-state index contributed by atoms with van der Waals surface area (Å²) in [7, 11) is 0. The number of fused-ring (bicyclic) bond motifs is 2. The molecule has 1 N–H and O–H groups in total. The van der Waals surface area contributed by atoms with E-state index in [1.54, 1.807) is 6.07 Å². The number of carbonyl (C=O) groups is 3. The number of halogens is 5. The fourth-order valence-corrected chi connectivity index (χ4v) is 4.03. The first-order valence-electron chi connectivity index (χ1n) is 10.2. The van der Waals surface area contributed by atoms with Gasteiger partial charge in [-0.3, -0.25) is 14.5 Å². The summed E-state index contributed by atoms with van der Waals surface area (Å²) in [6.45, 7) is -0.766. The molecule has 2 atom stereocenters. The number of urea groups is 1. The van der Waals surface area contributed by atoms with E-state index in [0.717, 1.165) is 25.1 Å². The van der Waals surface area contributed by atoms with Crippen molar-refractivity contribution in [2.75, 3.05) is 6.54 Å². The van der Waals surface area contributed by atoms with Crippen LogP contribution in [-0.4, -0.2) is 46.4 Å². The summed E-state index contributed by atoms with van der Waals surface area (Å²) in [4.78, 5) is 39.6. The molecule has 4 rings (SSSR count). The lowest BCUT2D eigenvalue weighted by molar-refractivity contribution is -0.187. The molecule has 6 nitrogen and oxygen atoms in total. The van der Waals surface area contributed by atoms with Crippen molar-refractivity contribution in [2.24, 2.45) is 0 Å². The fourth-order valence-electron chi connectivity index (χ4n) is 4.03. The number of benzene rings is 2. The number of carbonyl (C=O) groups excluding carboxylic acids is 3. The molecule has 1 aliphatic carbocycles.